The fourth-order valence-corrected chi connectivity index (χ4v) is 3.52. The molecule has 0 bridgehead atoms. The maximum absolute atomic E-state index is 10.9. The van der Waals surface area contributed by atoms with Crippen LogP contribution in [0.1, 0.15) is 6.92 Å². The van der Waals surface area contributed by atoms with Gasteiger partial charge < -0.3 is 25.2 Å². The second-order valence-electron chi connectivity index (χ2n) is 7.95. The molecule has 0 spiro atoms. The van der Waals surface area contributed by atoms with E-state index in [-0.39, 0.29) is 5.91 Å². The first-order valence-electron chi connectivity index (χ1n) is 11.1. The Morgan fingerprint density at radius 2 is 1.79 bits per heavy atom. The molecule has 9 nitrogen and oxygen atoms in total. The van der Waals surface area contributed by atoms with Crippen molar-refractivity contribution in [2.75, 3.05) is 56.5 Å². The molecule has 0 saturated carbocycles. The molecule has 1 aliphatic heterocycles. The normalized spacial score (nSPS) is 14.1. The molecule has 3 aromatic rings. The first-order valence-corrected chi connectivity index (χ1v) is 11.1. The number of nitrogens with one attached hydrogen (secondary N) is 2. The van der Waals surface area contributed by atoms with E-state index in [0.29, 0.717) is 30.5 Å². The van der Waals surface area contributed by atoms with Gasteiger partial charge in [0.05, 0.1) is 18.1 Å². The molecule has 3 heterocycles. The topological polar surface area (TPSA) is 95.5 Å². The van der Waals surface area contributed by atoms with Gasteiger partial charge in [0.1, 0.15) is 17.4 Å². The van der Waals surface area contributed by atoms with E-state index in [4.69, 9.17) is 9.72 Å². The number of likely N-dealkylation sites (N-methyl/N-ethyl adjacent to an activating group) is 1. The highest BCUT2D eigenvalue weighted by atomic mass is 16.5. The van der Waals surface area contributed by atoms with E-state index in [1.54, 1.807) is 12.4 Å². The van der Waals surface area contributed by atoms with E-state index >= 15 is 0 Å². The highest BCUT2D eigenvalue weighted by Crippen LogP contribution is 2.26. The lowest BCUT2D eigenvalue weighted by Gasteiger charge is -2.33. The molecule has 1 aromatic carbocycles. The number of pyridine rings is 1. The van der Waals surface area contributed by atoms with Crippen LogP contribution in [0, 0.1) is 0 Å². The Balaban J connectivity index is 1.37. The number of aromatic nitrogens is 3. The summed E-state index contributed by atoms with van der Waals surface area (Å²) < 4.78 is 5.87. The number of rotatable bonds is 8. The Morgan fingerprint density at radius 3 is 2.55 bits per heavy atom. The predicted octanol–water partition coefficient (Wildman–Crippen LogP) is 2.63. The highest BCUT2D eigenvalue weighted by Gasteiger charge is 2.15. The summed E-state index contributed by atoms with van der Waals surface area (Å²) in [7, 11) is 2.15. The fraction of sp³-hybridized carbons (Fsp3) is 0.333. The first kappa shape index (κ1) is 22.5. The van der Waals surface area contributed by atoms with E-state index in [2.05, 4.69) is 49.6 Å². The number of carbonyl (C=O) groups is 1. The number of amides is 1. The van der Waals surface area contributed by atoms with Crippen molar-refractivity contribution in [2.45, 2.75) is 6.92 Å². The second-order valence-corrected chi connectivity index (χ2v) is 7.95. The van der Waals surface area contributed by atoms with Crippen LogP contribution in [0.25, 0.3) is 11.3 Å². The minimum Gasteiger partial charge on any atom is -0.437 e. The summed E-state index contributed by atoms with van der Waals surface area (Å²) in [6.07, 6.45) is 3.18. The van der Waals surface area contributed by atoms with Crippen LogP contribution in [-0.2, 0) is 4.79 Å². The van der Waals surface area contributed by atoms with Crippen molar-refractivity contribution in [2.24, 2.45) is 0 Å². The maximum atomic E-state index is 10.9. The molecule has 0 radical (unpaired) electrons. The number of ether oxygens (including phenoxy) is 1. The van der Waals surface area contributed by atoms with E-state index in [1.807, 2.05) is 30.3 Å². The molecule has 1 aliphatic rings. The Labute approximate surface area is 193 Å². The number of carbonyl (C=O) groups excluding carboxylic acids is 1. The van der Waals surface area contributed by atoms with Crippen molar-refractivity contribution >= 4 is 17.5 Å². The third-order valence-corrected chi connectivity index (χ3v) is 5.35. The fourth-order valence-electron chi connectivity index (χ4n) is 3.52. The molecule has 0 atom stereocenters. The number of hydrogen-bond acceptors (Lipinski definition) is 8. The SMILES string of the molecule is CC(=O)NCCNc1cncc(Oc2ccc(-c3cccc(N4CCN(C)CC4)n3)cc2)n1. The van der Waals surface area contributed by atoms with Gasteiger partial charge in [0.15, 0.2) is 0 Å². The van der Waals surface area contributed by atoms with Gasteiger partial charge >= 0.3 is 0 Å². The van der Waals surface area contributed by atoms with Crippen molar-refractivity contribution in [3.05, 3.63) is 54.9 Å². The van der Waals surface area contributed by atoms with Crippen LogP contribution in [-0.4, -0.2) is 72.1 Å². The number of piperazine rings is 1. The van der Waals surface area contributed by atoms with Crippen molar-refractivity contribution in [3.63, 3.8) is 0 Å². The lowest BCUT2D eigenvalue weighted by atomic mass is 10.1. The molecule has 4 rings (SSSR count). The van der Waals surface area contributed by atoms with Gasteiger partial charge in [-0.25, -0.2) is 4.98 Å². The summed E-state index contributed by atoms with van der Waals surface area (Å²) >= 11 is 0. The summed E-state index contributed by atoms with van der Waals surface area (Å²) in [6, 6.07) is 13.9. The minimum atomic E-state index is -0.0651. The van der Waals surface area contributed by atoms with Gasteiger partial charge in [-0.15, -0.1) is 0 Å². The Bertz CT molecular complexity index is 1070. The molecule has 2 aromatic heterocycles. The van der Waals surface area contributed by atoms with Gasteiger partial charge in [-0.05, 0) is 43.4 Å². The summed E-state index contributed by atoms with van der Waals surface area (Å²) in [5, 5.41) is 5.83. The van der Waals surface area contributed by atoms with Gasteiger partial charge in [-0.2, -0.15) is 4.98 Å². The van der Waals surface area contributed by atoms with Crippen molar-refractivity contribution < 1.29 is 9.53 Å². The van der Waals surface area contributed by atoms with Gasteiger partial charge in [-0.1, -0.05) is 6.07 Å². The maximum Gasteiger partial charge on any atom is 0.239 e. The summed E-state index contributed by atoms with van der Waals surface area (Å²) in [6.45, 7) is 6.61. The van der Waals surface area contributed by atoms with Crippen LogP contribution in [0.4, 0.5) is 11.6 Å². The average molecular weight is 448 g/mol. The molecule has 172 valence electrons. The smallest absolute Gasteiger partial charge is 0.239 e. The molecule has 0 unspecified atom stereocenters. The van der Waals surface area contributed by atoms with Gasteiger partial charge in [0, 0.05) is 51.8 Å². The van der Waals surface area contributed by atoms with Crippen LogP contribution < -0.4 is 20.3 Å². The summed E-state index contributed by atoms with van der Waals surface area (Å²) in [5.41, 5.74) is 1.96. The Kier molecular flexibility index (Phi) is 7.31. The van der Waals surface area contributed by atoms with Gasteiger partial charge in [0.2, 0.25) is 11.8 Å². The molecule has 1 saturated heterocycles. The van der Waals surface area contributed by atoms with E-state index in [9.17, 15) is 4.79 Å². The zero-order valence-corrected chi connectivity index (χ0v) is 19.0. The lowest BCUT2D eigenvalue weighted by molar-refractivity contribution is -0.118. The van der Waals surface area contributed by atoms with Crippen molar-refractivity contribution in [1.29, 1.82) is 0 Å². The first-order chi connectivity index (χ1) is 16.1. The monoisotopic (exact) mass is 447 g/mol. The van der Waals surface area contributed by atoms with Crippen LogP contribution in [0.2, 0.25) is 0 Å². The largest absolute Gasteiger partial charge is 0.437 e. The third-order valence-electron chi connectivity index (χ3n) is 5.35. The number of benzene rings is 1. The molecule has 33 heavy (non-hydrogen) atoms. The van der Waals surface area contributed by atoms with Crippen molar-refractivity contribution in [3.8, 4) is 22.9 Å². The molecule has 2 N–H and O–H groups in total. The average Bonchev–Trinajstić information content (AvgIpc) is 2.83. The number of nitrogens with zero attached hydrogens (tertiary/aromatic N) is 5. The second kappa shape index (κ2) is 10.7. The number of anilines is 2. The van der Waals surface area contributed by atoms with Gasteiger partial charge in [-0.3, -0.25) is 9.78 Å². The molecule has 1 amide bonds. The Hall–Kier alpha value is -3.72. The zero-order valence-electron chi connectivity index (χ0n) is 19.0. The molecule has 9 heteroatoms. The zero-order chi connectivity index (χ0) is 23.0. The van der Waals surface area contributed by atoms with Crippen LogP contribution in [0.5, 0.6) is 11.6 Å². The summed E-state index contributed by atoms with van der Waals surface area (Å²) in [5.74, 6) is 2.59. The molecular weight excluding hydrogens is 418 g/mol. The standard InChI is InChI=1S/C24H29N7O2/c1-18(32)26-10-11-27-22-16-25-17-24(29-22)33-20-8-6-19(7-9-20)21-4-3-5-23(28-21)31-14-12-30(2)13-15-31/h3-9,16-17H,10-15H2,1-2H3,(H,26,32)(H,27,29). The molecule has 1 fully saturated rings. The van der Waals surface area contributed by atoms with E-state index in [1.165, 1.54) is 6.92 Å². The lowest BCUT2D eigenvalue weighted by Crippen LogP contribution is -2.44. The molecular formula is C24H29N7O2. The van der Waals surface area contributed by atoms with Crippen LogP contribution in [0.15, 0.2) is 54.9 Å². The minimum absolute atomic E-state index is 0.0651. The van der Waals surface area contributed by atoms with Crippen molar-refractivity contribution in [1.82, 2.24) is 25.2 Å². The highest BCUT2D eigenvalue weighted by molar-refractivity contribution is 5.72. The molecule has 0 aliphatic carbocycles. The van der Waals surface area contributed by atoms with E-state index in [0.717, 1.165) is 43.3 Å². The van der Waals surface area contributed by atoms with Gasteiger partial charge in [0.25, 0.3) is 0 Å². The predicted molar refractivity (Wildman–Crippen MR) is 129 cm³/mol. The Morgan fingerprint density at radius 1 is 1.00 bits per heavy atom. The van der Waals surface area contributed by atoms with E-state index < -0.39 is 0 Å². The number of hydrogen-bond donors (Lipinski definition) is 2. The quantitative estimate of drug-likeness (QED) is 0.509. The third kappa shape index (κ3) is 6.39. The summed E-state index contributed by atoms with van der Waals surface area (Å²) in [4.78, 5) is 29.0. The van der Waals surface area contributed by atoms with Crippen LogP contribution in [0.3, 0.4) is 0 Å². The van der Waals surface area contributed by atoms with Crippen LogP contribution >= 0.6 is 0 Å².